The van der Waals surface area contributed by atoms with Crippen LogP contribution in [0.4, 0.5) is 0 Å². The SMILES string of the molecule is CCOP(=O)(Cc1ccc(CN(Cc2ccc(CP(=O)(OCC)OCC)cc2)C(CO)(CO)CO)cc1)OCC. The van der Waals surface area contributed by atoms with Crippen LogP contribution in [0.1, 0.15) is 49.9 Å². The lowest BCUT2D eigenvalue weighted by molar-refractivity contribution is -0.0568. The Kier molecular flexibility index (Phi) is 14.7. The van der Waals surface area contributed by atoms with E-state index in [1.54, 1.807) is 27.7 Å². The van der Waals surface area contributed by atoms with E-state index in [1.807, 2.05) is 53.4 Å². The molecule has 3 N–H and O–H groups in total. The number of benzene rings is 2. The van der Waals surface area contributed by atoms with Crippen molar-refractivity contribution in [3.63, 3.8) is 0 Å². The van der Waals surface area contributed by atoms with Gasteiger partial charge in [0.05, 0.1) is 64.1 Å². The second kappa shape index (κ2) is 16.9. The second-order valence-electron chi connectivity index (χ2n) is 9.40. The molecule has 0 heterocycles. The third kappa shape index (κ3) is 10.1. The largest absolute Gasteiger partial charge is 0.394 e. The lowest BCUT2D eigenvalue weighted by atomic mass is 9.97. The summed E-state index contributed by atoms with van der Waals surface area (Å²) >= 11 is 0. The topological polar surface area (TPSA) is 135 Å². The summed E-state index contributed by atoms with van der Waals surface area (Å²) in [5.74, 6) is 0. The highest BCUT2D eigenvalue weighted by atomic mass is 31.2. The van der Waals surface area contributed by atoms with Gasteiger partial charge in [-0.1, -0.05) is 48.5 Å². The smallest absolute Gasteiger partial charge is 0.335 e. The van der Waals surface area contributed by atoms with Crippen molar-refractivity contribution in [1.29, 1.82) is 0 Å². The van der Waals surface area contributed by atoms with E-state index >= 15 is 0 Å². The molecule has 0 aliphatic rings. The molecule has 226 valence electrons. The molecule has 0 unspecified atom stereocenters. The zero-order valence-electron chi connectivity index (χ0n) is 24.0. The van der Waals surface area contributed by atoms with Gasteiger partial charge in [0.15, 0.2) is 0 Å². The van der Waals surface area contributed by atoms with Crippen LogP contribution in [-0.4, -0.2) is 72.0 Å². The minimum absolute atomic E-state index is 0.151. The molecule has 2 aromatic carbocycles. The summed E-state index contributed by atoms with van der Waals surface area (Å²) in [5.41, 5.74) is 2.07. The molecule has 40 heavy (non-hydrogen) atoms. The lowest BCUT2D eigenvalue weighted by Crippen LogP contribution is -2.56. The fraction of sp³-hybridized carbons (Fsp3) is 0.571. The van der Waals surface area contributed by atoms with E-state index in [0.717, 1.165) is 22.3 Å². The highest BCUT2D eigenvalue weighted by Gasteiger charge is 2.35. The molecule has 12 heteroatoms. The zero-order chi connectivity index (χ0) is 29.7. The molecule has 0 fully saturated rings. The molecule has 2 aromatic rings. The Morgan fingerprint density at radius 2 is 0.850 bits per heavy atom. The van der Waals surface area contributed by atoms with Gasteiger partial charge >= 0.3 is 15.2 Å². The van der Waals surface area contributed by atoms with E-state index in [2.05, 4.69) is 0 Å². The van der Waals surface area contributed by atoms with Crippen LogP contribution in [0.5, 0.6) is 0 Å². The van der Waals surface area contributed by atoms with Crippen LogP contribution in [0.3, 0.4) is 0 Å². The molecule has 0 saturated heterocycles. The average Bonchev–Trinajstić information content (AvgIpc) is 2.92. The lowest BCUT2D eigenvalue weighted by Gasteiger charge is -2.40. The van der Waals surface area contributed by atoms with Crippen LogP contribution >= 0.6 is 15.2 Å². The average molecular weight is 602 g/mol. The monoisotopic (exact) mass is 601 g/mol. The summed E-state index contributed by atoms with van der Waals surface area (Å²) < 4.78 is 47.4. The predicted molar refractivity (Wildman–Crippen MR) is 155 cm³/mol. The Bertz CT molecular complexity index is 986. The molecule has 0 saturated carbocycles. The fourth-order valence-electron chi connectivity index (χ4n) is 4.27. The molecular formula is C28H45NO9P2. The van der Waals surface area contributed by atoms with E-state index < -0.39 is 40.6 Å². The van der Waals surface area contributed by atoms with Crippen molar-refractivity contribution in [2.45, 2.75) is 58.6 Å². The van der Waals surface area contributed by atoms with Gasteiger partial charge in [0.2, 0.25) is 0 Å². The first kappa shape index (κ1) is 34.8. The number of nitrogens with zero attached hydrogens (tertiary/aromatic N) is 1. The van der Waals surface area contributed by atoms with Gasteiger partial charge in [0.25, 0.3) is 0 Å². The quantitative estimate of drug-likeness (QED) is 0.179. The zero-order valence-corrected chi connectivity index (χ0v) is 25.8. The van der Waals surface area contributed by atoms with Crippen molar-refractivity contribution in [3.8, 4) is 0 Å². The molecular weight excluding hydrogens is 556 g/mol. The van der Waals surface area contributed by atoms with Crippen LogP contribution in [0.15, 0.2) is 48.5 Å². The van der Waals surface area contributed by atoms with Crippen molar-refractivity contribution < 1.29 is 42.5 Å². The van der Waals surface area contributed by atoms with Crippen LogP contribution in [0, 0.1) is 0 Å². The maximum Gasteiger partial charge on any atom is 0.335 e. The molecule has 0 atom stereocenters. The molecule has 0 bridgehead atoms. The van der Waals surface area contributed by atoms with E-state index in [0.29, 0.717) is 13.1 Å². The number of hydrogen-bond acceptors (Lipinski definition) is 10. The third-order valence-corrected chi connectivity index (χ3v) is 10.5. The second-order valence-corrected chi connectivity index (χ2v) is 13.5. The van der Waals surface area contributed by atoms with Crippen LogP contribution in [0.25, 0.3) is 0 Å². The molecule has 0 aliphatic carbocycles. The van der Waals surface area contributed by atoms with Gasteiger partial charge in [-0.15, -0.1) is 0 Å². The highest BCUT2D eigenvalue weighted by Crippen LogP contribution is 2.52. The van der Waals surface area contributed by atoms with Crippen molar-refractivity contribution in [2.24, 2.45) is 0 Å². The van der Waals surface area contributed by atoms with Crippen LogP contribution in [0.2, 0.25) is 0 Å². The minimum Gasteiger partial charge on any atom is -0.394 e. The molecule has 0 amide bonds. The highest BCUT2D eigenvalue weighted by molar-refractivity contribution is 7.53. The van der Waals surface area contributed by atoms with Gasteiger partial charge in [-0.05, 0) is 49.9 Å². The van der Waals surface area contributed by atoms with Gasteiger partial charge in [-0.25, -0.2) is 0 Å². The van der Waals surface area contributed by atoms with E-state index in [-0.39, 0.29) is 38.8 Å². The predicted octanol–water partition coefficient (Wildman–Crippen LogP) is 4.94. The molecule has 0 aliphatic heterocycles. The molecule has 0 aromatic heterocycles. The third-order valence-electron chi connectivity index (χ3n) is 6.40. The standard InChI is InChI=1S/C28H45NO9P2/c1-5-35-39(33,36-6-2)19-26-13-9-24(10-14-26)17-29(28(21-30,22-31)23-32)18-25-11-15-27(16-12-25)20-40(34,37-7-3)38-8-4/h9-16,30-32H,5-8,17-23H2,1-4H3. The van der Waals surface area contributed by atoms with Crippen molar-refractivity contribution >= 4 is 15.2 Å². The van der Waals surface area contributed by atoms with Crippen molar-refractivity contribution in [2.75, 3.05) is 46.2 Å². The van der Waals surface area contributed by atoms with Gasteiger partial charge in [-0.3, -0.25) is 14.0 Å². The normalized spacial score (nSPS) is 12.8. The number of rotatable bonds is 20. The Labute approximate surface area is 238 Å². The summed E-state index contributed by atoms with van der Waals surface area (Å²) in [6.45, 7) is 7.52. The molecule has 10 nitrogen and oxygen atoms in total. The Morgan fingerprint density at radius 3 is 1.10 bits per heavy atom. The first-order valence-corrected chi connectivity index (χ1v) is 17.1. The van der Waals surface area contributed by atoms with Gasteiger partial charge in [0, 0.05) is 13.1 Å². The van der Waals surface area contributed by atoms with E-state index in [4.69, 9.17) is 18.1 Å². The van der Waals surface area contributed by atoms with Gasteiger partial charge in [0.1, 0.15) is 0 Å². The Morgan fingerprint density at radius 1 is 0.575 bits per heavy atom. The van der Waals surface area contributed by atoms with E-state index in [1.165, 1.54) is 0 Å². The Balaban J connectivity index is 2.24. The summed E-state index contributed by atoms with van der Waals surface area (Å²) in [4.78, 5) is 1.83. The van der Waals surface area contributed by atoms with Crippen molar-refractivity contribution in [1.82, 2.24) is 4.90 Å². The summed E-state index contributed by atoms with van der Waals surface area (Å²) in [6.07, 6.45) is 0.302. The van der Waals surface area contributed by atoms with Crippen molar-refractivity contribution in [3.05, 3.63) is 70.8 Å². The summed E-state index contributed by atoms with van der Waals surface area (Å²) in [7, 11) is -6.48. The minimum atomic E-state index is -3.24. The number of hydrogen-bond donors (Lipinski definition) is 3. The molecule has 0 radical (unpaired) electrons. The van der Waals surface area contributed by atoms with Crippen LogP contribution < -0.4 is 0 Å². The molecule has 2 rings (SSSR count). The maximum atomic E-state index is 12.9. The number of aliphatic hydroxyl groups is 3. The maximum absolute atomic E-state index is 12.9. The van der Waals surface area contributed by atoms with Gasteiger partial charge in [-0.2, -0.15) is 0 Å². The Hall–Kier alpha value is -1.42. The fourth-order valence-corrected chi connectivity index (χ4v) is 7.68. The summed E-state index contributed by atoms with van der Waals surface area (Å²) in [5, 5.41) is 30.5. The van der Waals surface area contributed by atoms with E-state index in [9.17, 15) is 24.4 Å². The first-order chi connectivity index (χ1) is 19.1. The first-order valence-electron chi connectivity index (χ1n) is 13.6. The number of aliphatic hydroxyl groups excluding tert-OH is 3. The van der Waals surface area contributed by atoms with Gasteiger partial charge < -0.3 is 33.4 Å². The summed E-state index contributed by atoms with van der Waals surface area (Å²) in [6, 6.07) is 14.9. The van der Waals surface area contributed by atoms with Crippen LogP contribution in [-0.2, 0) is 52.6 Å². The molecule has 0 spiro atoms.